The Kier molecular flexibility index (Phi) is 2.60. The largest absolute Gasteiger partial charge is 0.481 e. The first-order valence-corrected chi connectivity index (χ1v) is 3.67. The molecule has 0 radical (unpaired) electrons. The Balaban J connectivity index is 3.10. The molecule has 0 bridgehead atoms. The minimum absolute atomic E-state index is 0.00593. The Morgan fingerprint density at radius 2 is 2.08 bits per heavy atom. The third kappa shape index (κ3) is 2.02. The summed E-state index contributed by atoms with van der Waals surface area (Å²) in [5.74, 6) is -2.57. The van der Waals surface area contributed by atoms with Crippen molar-refractivity contribution < 1.29 is 18.7 Å². The molecule has 1 aromatic rings. The molecular weight excluding hydrogens is 178 g/mol. The standard InChI is InChI=1S/C9H8F2O2/c1-5-7(10)3-2-6(9(5)11)4-8(12)13/h2-3H,4H2,1H3,(H,12,13). The van der Waals surface area contributed by atoms with Crippen LogP contribution in [0.4, 0.5) is 8.78 Å². The van der Waals surface area contributed by atoms with E-state index in [9.17, 15) is 13.6 Å². The minimum atomic E-state index is -1.13. The van der Waals surface area contributed by atoms with Crippen LogP contribution in [0.5, 0.6) is 0 Å². The number of rotatable bonds is 2. The van der Waals surface area contributed by atoms with Crippen LogP contribution in [0.2, 0.25) is 0 Å². The SMILES string of the molecule is Cc1c(F)ccc(CC(=O)O)c1F. The molecule has 0 aromatic heterocycles. The summed E-state index contributed by atoms with van der Waals surface area (Å²) in [4.78, 5) is 10.3. The third-order valence-corrected chi connectivity index (χ3v) is 1.74. The molecule has 0 saturated heterocycles. The highest BCUT2D eigenvalue weighted by atomic mass is 19.1. The smallest absolute Gasteiger partial charge is 0.307 e. The second-order valence-corrected chi connectivity index (χ2v) is 2.72. The van der Waals surface area contributed by atoms with Crippen LogP contribution < -0.4 is 0 Å². The van der Waals surface area contributed by atoms with Gasteiger partial charge in [-0.3, -0.25) is 4.79 Å². The highest BCUT2D eigenvalue weighted by Gasteiger charge is 2.11. The summed E-state index contributed by atoms with van der Waals surface area (Å²) in [7, 11) is 0. The monoisotopic (exact) mass is 186 g/mol. The zero-order valence-electron chi connectivity index (χ0n) is 6.97. The van der Waals surface area contributed by atoms with E-state index in [0.717, 1.165) is 12.1 Å². The fourth-order valence-electron chi connectivity index (χ4n) is 1.02. The molecule has 0 fully saturated rings. The summed E-state index contributed by atoms with van der Waals surface area (Å²) >= 11 is 0. The lowest BCUT2D eigenvalue weighted by molar-refractivity contribution is -0.136. The van der Waals surface area contributed by atoms with Gasteiger partial charge in [-0.15, -0.1) is 0 Å². The van der Waals surface area contributed by atoms with E-state index in [1.807, 2.05) is 0 Å². The average Bonchev–Trinajstić information content (AvgIpc) is 2.06. The average molecular weight is 186 g/mol. The second-order valence-electron chi connectivity index (χ2n) is 2.72. The van der Waals surface area contributed by atoms with Crippen LogP contribution in [-0.2, 0) is 11.2 Å². The zero-order chi connectivity index (χ0) is 10.0. The maximum atomic E-state index is 13.1. The summed E-state index contributed by atoms with van der Waals surface area (Å²) in [6.07, 6.45) is -0.424. The molecule has 1 rings (SSSR count). The van der Waals surface area contributed by atoms with Crippen molar-refractivity contribution in [3.63, 3.8) is 0 Å². The highest BCUT2D eigenvalue weighted by Crippen LogP contribution is 2.15. The van der Waals surface area contributed by atoms with Crippen molar-refractivity contribution in [3.05, 3.63) is 34.9 Å². The number of hydrogen-bond donors (Lipinski definition) is 1. The minimum Gasteiger partial charge on any atom is -0.481 e. The van der Waals surface area contributed by atoms with Gasteiger partial charge < -0.3 is 5.11 Å². The number of carboxylic acid groups (broad SMARTS) is 1. The van der Waals surface area contributed by atoms with E-state index in [0.29, 0.717) is 0 Å². The van der Waals surface area contributed by atoms with Crippen LogP contribution in [0.3, 0.4) is 0 Å². The number of hydrogen-bond acceptors (Lipinski definition) is 1. The van der Waals surface area contributed by atoms with Gasteiger partial charge in [0, 0.05) is 5.56 Å². The maximum absolute atomic E-state index is 13.1. The molecule has 4 heteroatoms. The number of aliphatic carboxylic acids is 1. The lowest BCUT2D eigenvalue weighted by Crippen LogP contribution is -2.04. The molecule has 2 nitrogen and oxygen atoms in total. The molecule has 0 aliphatic carbocycles. The van der Waals surface area contributed by atoms with Gasteiger partial charge in [0.15, 0.2) is 0 Å². The Bertz CT molecular complexity index is 348. The molecule has 13 heavy (non-hydrogen) atoms. The van der Waals surface area contributed by atoms with Crippen LogP contribution in [-0.4, -0.2) is 11.1 Å². The van der Waals surface area contributed by atoms with E-state index in [1.54, 1.807) is 0 Å². The van der Waals surface area contributed by atoms with Crippen molar-refractivity contribution in [2.45, 2.75) is 13.3 Å². The summed E-state index contributed by atoms with van der Waals surface area (Å²) < 4.78 is 25.8. The van der Waals surface area contributed by atoms with Gasteiger partial charge in [-0.2, -0.15) is 0 Å². The van der Waals surface area contributed by atoms with Crippen molar-refractivity contribution in [2.75, 3.05) is 0 Å². The molecule has 0 aliphatic heterocycles. The molecule has 1 aromatic carbocycles. The van der Waals surface area contributed by atoms with Crippen LogP contribution in [0.1, 0.15) is 11.1 Å². The van der Waals surface area contributed by atoms with Gasteiger partial charge >= 0.3 is 5.97 Å². The summed E-state index contributed by atoms with van der Waals surface area (Å²) in [5.41, 5.74) is -0.134. The Labute approximate surface area is 73.8 Å². The Morgan fingerprint density at radius 1 is 1.46 bits per heavy atom. The van der Waals surface area contributed by atoms with E-state index < -0.39 is 24.0 Å². The molecule has 0 unspecified atom stereocenters. The summed E-state index contributed by atoms with van der Waals surface area (Å²) in [5, 5.41) is 8.39. The normalized spacial score (nSPS) is 10.1. The van der Waals surface area contributed by atoms with Crippen molar-refractivity contribution in [2.24, 2.45) is 0 Å². The molecule has 0 saturated carbocycles. The first-order chi connectivity index (χ1) is 6.02. The van der Waals surface area contributed by atoms with Crippen LogP contribution in [0.25, 0.3) is 0 Å². The topological polar surface area (TPSA) is 37.3 Å². The zero-order valence-corrected chi connectivity index (χ0v) is 6.97. The Hall–Kier alpha value is -1.45. The fraction of sp³-hybridized carbons (Fsp3) is 0.222. The van der Waals surface area contributed by atoms with Crippen molar-refractivity contribution >= 4 is 5.97 Å². The number of carboxylic acids is 1. The van der Waals surface area contributed by atoms with E-state index in [2.05, 4.69) is 0 Å². The predicted molar refractivity (Wildman–Crippen MR) is 42.4 cm³/mol. The maximum Gasteiger partial charge on any atom is 0.307 e. The van der Waals surface area contributed by atoms with E-state index in [4.69, 9.17) is 5.11 Å². The van der Waals surface area contributed by atoms with Gasteiger partial charge in [0.05, 0.1) is 6.42 Å². The molecule has 0 aliphatic rings. The van der Waals surface area contributed by atoms with Crippen molar-refractivity contribution in [3.8, 4) is 0 Å². The predicted octanol–water partition coefficient (Wildman–Crippen LogP) is 1.90. The first kappa shape index (κ1) is 9.64. The number of halogens is 2. The van der Waals surface area contributed by atoms with E-state index >= 15 is 0 Å². The van der Waals surface area contributed by atoms with Gasteiger partial charge in [0.2, 0.25) is 0 Å². The van der Waals surface area contributed by atoms with E-state index in [1.165, 1.54) is 6.92 Å². The molecule has 1 N–H and O–H groups in total. The van der Waals surface area contributed by atoms with Gasteiger partial charge in [0.1, 0.15) is 11.6 Å². The fourth-order valence-corrected chi connectivity index (χ4v) is 1.02. The van der Waals surface area contributed by atoms with Gasteiger partial charge in [0.25, 0.3) is 0 Å². The highest BCUT2D eigenvalue weighted by molar-refractivity contribution is 5.70. The van der Waals surface area contributed by atoms with Gasteiger partial charge in [-0.05, 0) is 18.6 Å². The molecule has 0 spiro atoms. The summed E-state index contributed by atoms with van der Waals surface area (Å²) in [6.45, 7) is 1.27. The van der Waals surface area contributed by atoms with Crippen molar-refractivity contribution in [1.82, 2.24) is 0 Å². The molecule has 70 valence electrons. The van der Waals surface area contributed by atoms with Gasteiger partial charge in [-0.1, -0.05) is 6.07 Å². The molecule has 0 amide bonds. The van der Waals surface area contributed by atoms with Crippen LogP contribution in [0, 0.1) is 18.6 Å². The first-order valence-electron chi connectivity index (χ1n) is 3.67. The van der Waals surface area contributed by atoms with Crippen molar-refractivity contribution in [1.29, 1.82) is 0 Å². The Morgan fingerprint density at radius 3 is 2.62 bits per heavy atom. The van der Waals surface area contributed by atoms with E-state index in [-0.39, 0.29) is 11.1 Å². The number of benzene rings is 1. The van der Waals surface area contributed by atoms with Gasteiger partial charge in [-0.25, -0.2) is 8.78 Å². The lowest BCUT2D eigenvalue weighted by atomic mass is 10.1. The quantitative estimate of drug-likeness (QED) is 0.765. The van der Waals surface area contributed by atoms with Crippen LogP contribution >= 0.6 is 0 Å². The molecule has 0 atom stereocenters. The lowest BCUT2D eigenvalue weighted by Gasteiger charge is -2.03. The third-order valence-electron chi connectivity index (χ3n) is 1.74. The van der Waals surface area contributed by atoms with Crippen LogP contribution in [0.15, 0.2) is 12.1 Å². The number of carbonyl (C=O) groups is 1. The summed E-state index contributed by atoms with van der Waals surface area (Å²) in [6, 6.07) is 2.21. The molecular formula is C9H8F2O2. The second kappa shape index (κ2) is 3.51. The molecule has 0 heterocycles.